The van der Waals surface area contributed by atoms with Gasteiger partial charge in [-0.2, -0.15) is 8.42 Å². The molecule has 0 heterocycles. The van der Waals surface area contributed by atoms with Crippen molar-refractivity contribution in [2.45, 2.75) is 4.90 Å². The molecule has 0 aliphatic heterocycles. The molecule has 15 heavy (non-hydrogen) atoms. The second-order valence-electron chi connectivity index (χ2n) is 2.54. The number of hydrogen-bond donors (Lipinski definition) is 1. The highest BCUT2D eigenvalue weighted by Gasteiger charge is 2.12. The first-order valence-electron chi connectivity index (χ1n) is 4.18. The molecule has 0 aromatic heterocycles. The molecular weight excluding hydrogens is 216 g/mol. The lowest BCUT2D eigenvalue weighted by molar-refractivity contribution is 0.347. The van der Waals surface area contributed by atoms with Crippen LogP contribution in [0.15, 0.2) is 35.2 Å². The van der Waals surface area contributed by atoms with Crippen LogP contribution in [0.1, 0.15) is 0 Å². The second-order valence-corrected chi connectivity index (χ2v) is 4.16. The van der Waals surface area contributed by atoms with Crippen molar-refractivity contribution in [3.05, 3.63) is 30.3 Å². The Bertz CT molecular complexity index is 453. The molecule has 0 aliphatic rings. The Morgan fingerprint density at radius 1 is 1.20 bits per heavy atom. The maximum absolute atomic E-state index is 11.4. The second kappa shape index (κ2) is 5.51. The van der Waals surface area contributed by atoms with Gasteiger partial charge in [-0.25, -0.2) is 0 Å². The van der Waals surface area contributed by atoms with Gasteiger partial charge >= 0.3 is 0 Å². The van der Waals surface area contributed by atoms with Gasteiger partial charge in [-0.05, 0) is 12.1 Å². The molecule has 1 aromatic rings. The maximum Gasteiger partial charge on any atom is 0.297 e. The molecule has 1 aromatic carbocycles. The average molecular weight is 226 g/mol. The molecule has 0 aliphatic carbocycles. The summed E-state index contributed by atoms with van der Waals surface area (Å²) < 4.78 is 27.5. The molecule has 0 radical (unpaired) electrons. The molecule has 0 spiro atoms. The number of aliphatic hydroxyl groups excluding tert-OH is 1. The predicted molar refractivity (Wildman–Crippen MR) is 54.4 cm³/mol. The van der Waals surface area contributed by atoms with Crippen molar-refractivity contribution in [1.29, 1.82) is 0 Å². The van der Waals surface area contributed by atoms with Crippen LogP contribution in [0.5, 0.6) is 0 Å². The van der Waals surface area contributed by atoms with E-state index < -0.39 is 10.1 Å². The highest BCUT2D eigenvalue weighted by atomic mass is 32.2. The highest BCUT2D eigenvalue weighted by molar-refractivity contribution is 7.86. The van der Waals surface area contributed by atoms with E-state index in [0.717, 1.165) is 0 Å². The number of aliphatic hydroxyl groups is 1. The van der Waals surface area contributed by atoms with Gasteiger partial charge in [0.25, 0.3) is 10.1 Å². The fraction of sp³-hybridized carbons (Fsp3) is 0.200. The quantitative estimate of drug-likeness (QED) is 0.598. The van der Waals surface area contributed by atoms with E-state index in [1.807, 2.05) is 0 Å². The minimum absolute atomic E-state index is 0.0933. The smallest absolute Gasteiger partial charge is 0.297 e. The van der Waals surface area contributed by atoms with Gasteiger partial charge in [-0.15, -0.1) is 0 Å². The summed E-state index contributed by atoms with van der Waals surface area (Å²) in [4.78, 5) is 0.0933. The third-order valence-corrected chi connectivity index (χ3v) is 2.80. The van der Waals surface area contributed by atoms with E-state index in [0.29, 0.717) is 0 Å². The van der Waals surface area contributed by atoms with Crippen molar-refractivity contribution in [1.82, 2.24) is 0 Å². The van der Waals surface area contributed by atoms with Crippen LogP contribution in [0, 0.1) is 11.8 Å². The molecule has 1 N–H and O–H groups in total. The molecule has 0 amide bonds. The minimum Gasteiger partial charge on any atom is -0.384 e. The average Bonchev–Trinajstić information content (AvgIpc) is 2.26. The zero-order valence-corrected chi connectivity index (χ0v) is 8.70. The van der Waals surface area contributed by atoms with Crippen molar-refractivity contribution in [3.8, 4) is 11.8 Å². The fourth-order valence-electron chi connectivity index (χ4n) is 0.869. The molecule has 0 fully saturated rings. The summed E-state index contributed by atoms with van der Waals surface area (Å²) in [6, 6.07) is 7.81. The zero-order chi connectivity index (χ0) is 11.1. The molecular formula is C10H10O4S. The molecule has 0 bridgehead atoms. The largest absolute Gasteiger partial charge is 0.384 e. The Morgan fingerprint density at radius 3 is 2.47 bits per heavy atom. The SMILES string of the molecule is O=S(=O)(OCC#CCO)c1ccccc1. The van der Waals surface area contributed by atoms with Gasteiger partial charge in [0.05, 0.1) is 4.90 Å². The monoisotopic (exact) mass is 226 g/mol. The van der Waals surface area contributed by atoms with E-state index in [-0.39, 0.29) is 18.1 Å². The van der Waals surface area contributed by atoms with E-state index in [9.17, 15) is 8.42 Å². The lowest BCUT2D eigenvalue weighted by Crippen LogP contribution is -2.06. The fourth-order valence-corrected chi connectivity index (χ4v) is 1.71. The van der Waals surface area contributed by atoms with Gasteiger partial charge in [0, 0.05) is 0 Å². The van der Waals surface area contributed by atoms with Crippen LogP contribution in [0.25, 0.3) is 0 Å². The van der Waals surface area contributed by atoms with Crippen LogP contribution >= 0.6 is 0 Å². The van der Waals surface area contributed by atoms with Gasteiger partial charge in [0.1, 0.15) is 13.2 Å². The summed E-state index contributed by atoms with van der Waals surface area (Å²) in [7, 11) is -3.72. The molecule has 4 nitrogen and oxygen atoms in total. The number of benzene rings is 1. The lowest BCUT2D eigenvalue weighted by Gasteiger charge is -2.01. The van der Waals surface area contributed by atoms with Crippen molar-refractivity contribution < 1.29 is 17.7 Å². The van der Waals surface area contributed by atoms with Crippen LogP contribution in [0.2, 0.25) is 0 Å². The third kappa shape index (κ3) is 3.72. The van der Waals surface area contributed by atoms with Gasteiger partial charge in [-0.1, -0.05) is 30.0 Å². The van der Waals surface area contributed by atoms with E-state index >= 15 is 0 Å². The Labute approximate surface area is 88.6 Å². The summed E-state index contributed by atoms with van der Waals surface area (Å²) in [6.07, 6.45) is 0. The molecule has 0 atom stereocenters. The Hall–Kier alpha value is -1.35. The zero-order valence-electron chi connectivity index (χ0n) is 7.88. The van der Waals surface area contributed by atoms with E-state index in [1.165, 1.54) is 12.1 Å². The first kappa shape index (κ1) is 11.7. The molecule has 0 saturated heterocycles. The van der Waals surface area contributed by atoms with Crippen LogP contribution in [-0.2, 0) is 14.3 Å². The van der Waals surface area contributed by atoms with E-state index in [4.69, 9.17) is 5.11 Å². The van der Waals surface area contributed by atoms with Crippen molar-refractivity contribution >= 4 is 10.1 Å². The topological polar surface area (TPSA) is 63.6 Å². The van der Waals surface area contributed by atoms with Crippen LogP contribution in [-0.4, -0.2) is 26.7 Å². The minimum atomic E-state index is -3.72. The first-order chi connectivity index (χ1) is 7.17. The van der Waals surface area contributed by atoms with Crippen LogP contribution < -0.4 is 0 Å². The van der Waals surface area contributed by atoms with Crippen molar-refractivity contribution in [2.24, 2.45) is 0 Å². The number of hydrogen-bond acceptors (Lipinski definition) is 4. The molecule has 1 rings (SSSR count). The summed E-state index contributed by atoms with van der Waals surface area (Å²) in [5.74, 6) is 4.65. The first-order valence-corrected chi connectivity index (χ1v) is 5.59. The predicted octanol–water partition coefficient (Wildman–Crippen LogP) is 0.388. The summed E-state index contributed by atoms with van der Waals surface area (Å²) >= 11 is 0. The maximum atomic E-state index is 11.4. The van der Waals surface area contributed by atoms with Crippen LogP contribution in [0.3, 0.4) is 0 Å². The van der Waals surface area contributed by atoms with E-state index in [1.54, 1.807) is 18.2 Å². The Kier molecular flexibility index (Phi) is 4.31. The van der Waals surface area contributed by atoms with Gasteiger partial charge < -0.3 is 5.11 Å². The number of rotatable bonds is 3. The summed E-state index contributed by atoms with van der Waals surface area (Å²) in [5, 5.41) is 8.33. The summed E-state index contributed by atoms with van der Waals surface area (Å²) in [5.41, 5.74) is 0. The van der Waals surface area contributed by atoms with Gasteiger partial charge in [-0.3, -0.25) is 4.18 Å². The molecule has 0 unspecified atom stereocenters. The molecule has 5 heteroatoms. The van der Waals surface area contributed by atoms with Gasteiger partial charge in [0.15, 0.2) is 0 Å². The normalized spacial score (nSPS) is 10.5. The van der Waals surface area contributed by atoms with Crippen LogP contribution in [0.4, 0.5) is 0 Å². The molecule has 0 saturated carbocycles. The summed E-state index contributed by atoms with van der Waals surface area (Å²) in [6.45, 7) is -0.563. The highest BCUT2D eigenvalue weighted by Crippen LogP contribution is 2.10. The van der Waals surface area contributed by atoms with E-state index in [2.05, 4.69) is 16.0 Å². The third-order valence-electron chi connectivity index (χ3n) is 1.52. The molecule has 80 valence electrons. The van der Waals surface area contributed by atoms with Crippen molar-refractivity contribution in [2.75, 3.05) is 13.2 Å². The standard InChI is InChI=1S/C10H10O4S/c11-8-4-5-9-14-15(12,13)10-6-2-1-3-7-10/h1-3,6-7,11H,8-9H2. The lowest BCUT2D eigenvalue weighted by atomic mass is 10.4. The van der Waals surface area contributed by atoms with Crippen molar-refractivity contribution in [3.63, 3.8) is 0 Å². The Balaban J connectivity index is 2.69. The van der Waals surface area contributed by atoms with Gasteiger partial charge in [0.2, 0.25) is 0 Å². The Morgan fingerprint density at radius 2 is 1.87 bits per heavy atom.